The second-order valence-electron chi connectivity index (χ2n) is 10.5. The summed E-state index contributed by atoms with van der Waals surface area (Å²) in [6.07, 6.45) is 1.38. The molecule has 38 heavy (non-hydrogen) atoms. The van der Waals surface area contributed by atoms with E-state index in [2.05, 4.69) is 15.0 Å². The monoisotopic (exact) mass is 551 g/mol. The fourth-order valence-electron chi connectivity index (χ4n) is 5.24. The van der Waals surface area contributed by atoms with Crippen molar-refractivity contribution in [3.8, 4) is 11.5 Å². The van der Waals surface area contributed by atoms with E-state index in [-0.39, 0.29) is 29.7 Å². The SMILES string of the molecule is O=C(N[C@@H](Cc1ccc(OC2CC2)c(Cl)c1)CN1CCCC1)C1CCN(c2ccc(OC(F)(F)F)cc2)C1. The molecule has 10 heteroatoms. The van der Waals surface area contributed by atoms with Crippen LogP contribution in [0, 0.1) is 5.92 Å². The number of ether oxygens (including phenoxy) is 2. The Morgan fingerprint density at radius 1 is 1.05 bits per heavy atom. The molecule has 2 saturated heterocycles. The molecular weight excluding hydrogens is 519 g/mol. The van der Waals surface area contributed by atoms with Gasteiger partial charge >= 0.3 is 6.36 Å². The van der Waals surface area contributed by atoms with E-state index in [1.165, 1.54) is 25.0 Å². The minimum Gasteiger partial charge on any atom is -0.489 e. The molecule has 0 aromatic heterocycles. The lowest BCUT2D eigenvalue weighted by Gasteiger charge is -2.26. The van der Waals surface area contributed by atoms with Crippen molar-refractivity contribution >= 4 is 23.2 Å². The van der Waals surface area contributed by atoms with Crippen LogP contribution in [-0.4, -0.2) is 62.0 Å². The normalized spacial score (nSPS) is 20.9. The molecule has 0 bridgehead atoms. The molecule has 2 aromatic rings. The predicted octanol–water partition coefficient (Wildman–Crippen LogP) is 5.43. The van der Waals surface area contributed by atoms with Crippen LogP contribution in [0.1, 0.15) is 37.7 Å². The standard InChI is InChI=1S/C28H33ClF3N3O3/c29-25-16-19(3-10-26(25)37-23-8-9-23)15-21(18-34-12-1-2-13-34)33-27(36)20-11-14-35(17-20)22-4-6-24(7-5-22)38-28(30,31)32/h3-7,10,16,20-21,23H,1-2,8-9,11-15,17-18H2,(H,33,36)/t20?,21-/m0/s1. The molecule has 2 aromatic carbocycles. The highest BCUT2D eigenvalue weighted by Gasteiger charge is 2.32. The molecule has 3 fully saturated rings. The predicted molar refractivity (Wildman–Crippen MR) is 140 cm³/mol. The Balaban J connectivity index is 1.19. The smallest absolute Gasteiger partial charge is 0.489 e. The number of likely N-dealkylation sites (tertiary alicyclic amines) is 1. The van der Waals surface area contributed by atoms with E-state index in [4.69, 9.17) is 16.3 Å². The number of rotatable bonds is 10. The second kappa shape index (κ2) is 11.6. The number of carbonyl (C=O) groups excluding carboxylic acids is 1. The van der Waals surface area contributed by atoms with Crippen LogP contribution in [-0.2, 0) is 11.2 Å². The van der Waals surface area contributed by atoms with Crippen LogP contribution in [0.15, 0.2) is 42.5 Å². The van der Waals surface area contributed by atoms with E-state index in [9.17, 15) is 18.0 Å². The number of nitrogens with one attached hydrogen (secondary N) is 1. The first-order chi connectivity index (χ1) is 18.2. The third kappa shape index (κ3) is 7.47. The van der Waals surface area contributed by atoms with Gasteiger partial charge in [-0.2, -0.15) is 0 Å². The molecule has 5 rings (SSSR count). The maximum absolute atomic E-state index is 13.3. The number of anilines is 1. The number of hydrogen-bond acceptors (Lipinski definition) is 5. The van der Waals surface area contributed by atoms with Crippen LogP contribution in [0.2, 0.25) is 5.02 Å². The summed E-state index contributed by atoms with van der Waals surface area (Å²) in [5.41, 5.74) is 1.82. The van der Waals surface area contributed by atoms with Gasteiger partial charge in [-0.3, -0.25) is 4.79 Å². The summed E-state index contributed by atoms with van der Waals surface area (Å²) in [4.78, 5) is 17.7. The Kier molecular flexibility index (Phi) is 8.23. The number of halogens is 4. The summed E-state index contributed by atoms with van der Waals surface area (Å²) in [6.45, 7) is 4.02. The first-order valence-corrected chi connectivity index (χ1v) is 13.7. The van der Waals surface area contributed by atoms with Crippen LogP contribution in [0.5, 0.6) is 11.5 Å². The van der Waals surface area contributed by atoms with Crippen molar-refractivity contribution in [1.82, 2.24) is 10.2 Å². The van der Waals surface area contributed by atoms with Gasteiger partial charge in [0.2, 0.25) is 5.91 Å². The summed E-state index contributed by atoms with van der Waals surface area (Å²) in [5, 5.41) is 3.89. The Bertz CT molecular complexity index is 1100. The molecule has 0 spiro atoms. The fraction of sp³-hybridized carbons (Fsp3) is 0.536. The lowest BCUT2D eigenvalue weighted by molar-refractivity contribution is -0.274. The zero-order valence-corrected chi connectivity index (χ0v) is 21.9. The maximum atomic E-state index is 13.3. The molecule has 6 nitrogen and oxygen atoms in total. The number of benzene rings is 2. The zero-order valence-electron chi connectivity index (χ0n) is 21.2. The first-order valence-electron chi connectivity index (χ1n) is 13.3. The summed E-state index contributed by atoms with van der Waals surface area (Å²) in [7, 11) is 0. The minimum atomic E-state index is -4.72. The van der Waals surface area contributed by atoms with Crippen molar-refractivity contribution in [3.05, 3.63) is 53.1 Å². The summed E-state index contributed by atoms with van der Waals surface area (Å²) in [6, 6.07) is 11.6. The van der Waals surface area contributed by atoms with Crippen molar-refractivity contribution in [2.24, 2.45) is 5.92 Å². The van der Waals surface area contributed by atoms with E-state index >= 15 is 0 Å². The molecule has 2 atom stereocenters. The van der Waals surface area contributed by atoms with Gasteiger partial charge in [0.15, 0.2) is 0 Å². The van der Waals surface area contributed by atoms with Gasteiger partial charge in [-0.1, -0.05) is 17.7 Å². The number of amides is 1. The van der Waals surface area contributed by atoms with Gasteiger partial charge in [0.25, 0.3) is 0 Å². The van der Waals surface area contributed by atoms with E-state index < -0.39 is 6.36 Å². The van der Waals surface area contributed by atoms with Gasteiger partial charge in [-0.25, -0.2) is 0 Å². The van der Waals surface area contributed by atoms with Crippen LogP contribution in [0.3, 0.4) is 0 Å². The van der Waals surface area contributed by atoms with Crippen molar-refractivity contribution in [2.45, 2.75) is 57.0 Å². The highest BCUT2D eigenvalue weighted by Crippen LogP contribution is 2.33. The zero-order chi connectivity index (χ0) is 26.7. The average molecular weight is 552 g/mol. The third-order valence-electron chi connectivity index (χ3n) is 7.31. The molecule has 3 aliphatic rings. The molecule has 1 amide bonds. The molecule has 2 heterocycles. The van der Waals surface area contributed by atoms with Crippen molar-refractivity contribution in [3.63, 3.8) is 0 Å². The molecule has 1 N–H and O–H groups in total. The average Bonchev–Trinajstić information content (AvgIpc) is 3.30. The van der Waals surface area contributed by atoms with Crippen LogP contribution in [0.25, 0.3) is 0 Å². The Morgan fingerprint density at radius 2 is 1.79 bits per heavy atom. The van der Waals surface area contributed by atoms with Crippen LogP contribution in [0.4, 0.5) is 18.9 Å². The largest absolute Gasteiger partial charge is 0.573 e. The van der Waals surface area contributed by atoms with Crippen LogP contribution < -0.4 is 19.7 Å². The Hall–Kier alpha value is -2.65. The van der Waals surface area contributed by atoms with Gasteiger partial charge in [0.1, 0.15) is 11.5 Å². The number of alkyl halides is 3. The number of carbonyl (C=O) groups is 1. The van der Waals surface area contributed by atoms with Crippen molar-refractivity contribution in [1.29, 1.82) is 0 Å². The minimum absolute atomic E-state index is 0.00788. The highest BCUT2D eigenvalue weighted by atomic mass is 35.5. The van der Waals surface area contributed by atoms with E-state index in [0.717, 1.165) is 43.7 Å². The van der Waals surface area contributed by atoms with Gasteiger partial charge in [-0.05, 0) is 93.6 Å². The van der Waals surface area contributed by atoms with Crippen molar-refractivity contribution in [2.75, 3.05) is 37.6 Å². The lowest BCUT2D eigenvalue weighted by atomic mass is 10.0. The van der Waals surface area contributed by atoms with Crippen LogP contribution >= 0.6 is 11.6 Å². The molecule has 2 aliphatic heterocycles. The van der Waals surface area contributed by atoms with Gasteiger partial charge in [-0.15, -0.1) is 13.2 Å². The number of nitrogens with zero attached hydrogens (tertiary/aromatic N) is 2. The van der Waals surface area contributed by atoms with Crippen molar-refractivity contribution < 1.29 is 27.4 Å². The quantitative estimate of drug-likeness (QED) is 0.427. The topological polar surface area (TPSA) is 54.0 Å². The summed E-state index contributed by atoms with van der Waals surface area (Å²) in [5.74, 6) is 0.266. The third-order valence-corrected chi connectivity index (χ3v) is 7.61. The maximum Gasteiger partial charge on any atom is 0.573 e. The molecule has 1 aliphatic carbocycles. The first kappa shape index (κ1) is 26.9. The molecule has 206 valence electrons. The molecule has 1 saturated carbocycles. The second-order valence-corrected chi connectivity index (χ2v) is 10.9. The van der Waals surface area contributed by atoms with Gasteiger partial charge in [0.05, 0.1) is 17.0 Å². The van der Waals surface area contributed by atoms with Gasteiger partial charge < -0.3 is 24.6 Å². The molecule has 1 unspecified atom stereocenters. The van der Waals surface area contributed by atoms with E-state index in [1.54, 1.807) is 12.1 Å². The number of hydrogen-bond donors (Lipinski definition) is 1. The van der Waals surface area contributed by atoms with E-state index in [1.807, 2.05) is 23.1 Å². The highest BCUT2D eigenvalue weighted by molar-refractivity contribution is 6.32. The fourth-order valence-corrected chi connectivity index (χ4v) is 5.49. The summed E-state index contributed by atoms with van der Waals surface area (Å²) < 4.78 is 47.2. The molecular formula is C28H33ClF3N3O3. The van der Waals surface area contributed by atoms with Gasteiger partial charge in [0, 0.05) is 31.4 Å². The van der Waals surface area contributed by atoms with E-state index in [0.29, 0.717) is 36.7 Å². The molecule has 0 radical (unpaired) electrons. The Labute approximate surface area is 226 Å². The Morgan fingerprint density at radius 3 is 2.45 bits per heavy atom. The summed E-state index contributed by atoms with van der Waals surface area (Å²) >= 11 is 6.49. The lowest BCUT2D eigenvalue weighted by Crippen LogP contribution is -2.46.